The zero-order valence-corrected chi connectivity index (χ0v) is 15.1. The molecule has 1 saturated heterocycles. The van der Waals surface area contributed by atoms with Gasteiger partial charge in [0.2, 0.25) is 0 Å². The van der Waals surface area contributed by atoms with Crippen LogP contribution in [0, 0.1) is 0 Å². The molecule has 0 unspecified atom stereocenters. The van der Waals surface area contributed by atoms with Gasteiger partial charge in [-0.2, -0.15) is 0 Å². The van der Waals surface area contributed by atoms with Crippen LogP contribution in [0.25, 0.3) is 0 Å². The summed E-state index contributed by atoms with van der Waals surface area (Å²) in [6, 6.07) is 11.6. The summed E-state index contributed by atoms with van der Waals surface area (Å²) in [5.41, 5.74) is 1.80. The van der Waals surface area contributed by atoms with E-state index in [-0.39, 0.29) is 5.91 Å². The van der Waals surface area contributed by atoms with Crippen LogP contribution in [0.2, 0.25) is 0 Å². The number of pyridine rings is 1. The first-order valence-electron chi connectivity index (χ1n) is 8.73. The van der Waals surface area contributed by atoms with Gasteiger partial charge in [-0.3, -0.25) is 4.79 Å². The standard InChI is InChI=1S/C20H25N3O2/c1-15(2)17-14-16(7-8-18(17)25-3)20(24)23-12-10-22(11-13-23)19-6-4-5-9-21-19/h4-9,14-15H,10-13H2,1-3H3. The molecule has 0 saturated carbocycles. The number of amides is 1. The SMILES string of the molecule is COc1ccc(C(=O)N2CCN(c3ccccn3)CC2)cc1C(C)C. The average Bonchev–Trinajstić information content (AvgIpc) is 2.67. The summed E-state index contributed by atoms with van der Waals surface area (Å²) in [4.78, 5) is 21.4. The van der Waals surface area contributed by atoms with Crippen molar-refractivity contribution in [2.75, 3.05) is 38.2 Å². The Morgan fingerprint density at radius 2 is 1.88 bits per heavy atom. The summed E-state index contributed by atoms with van der Waals surface area (Å²) >= 11 is 0. The van der Waals surface area contributed by atoms with Crippen molar-refractivity contribution in [3.8, 4) is 5.75 Å². The first kappa shape index (κ1) is 17.3. The highest BCUT2D eigenvalue weighted by atomic mass is 16.5. The number of carbonyl (C=O) groups is 1. The van der Waals surface area contributed by atoms with E-state index in [4.69, 9.17) is 4.74 Å². The van der Waals surface area contributed by atoms with Gasteiger partial charge in [-0.05, 0) is 41.8 Å². The second-order valence-corrected chi connectivity index (χ2v) is 6.58. The molecule has 0 aliphatic carbocycles. The minimum atomic E-state index is 0.0882. The zero-order valence-electron chi connectivity index (χ0n) is 15.1. The number of rotatable bonds is 4. The molecule has 0 N–H and O–H groups in total. The van der Waals surface area contributed by atoms with Gasteiger partial charge < -0.3 is 14.5 Å². The zero-order chi connectivity index (χ0) is 17.8. The third-order valence-electron chi connectivity index (χ3n) is 4.64. The monoisotopic (exact) mass is 339 g/mol. The molecule has 1 aliphatic rings. The molecule has 5 heteroatoms. The van der Waals surface area contributed by atoms with Gasteiger partial charge >= 0.3 is 0 Å². The first-order valence-corrected chi connectivity index (χ1v) is 8.73. The summed E-state index contributed by atoms with van der Waals surface area (Å²) in [6.45, 7) is 7.23. The predicted octanol–water partition coefficient (Wildman–Crippen LogP) is 3.18. The number of aromatic nitrogens is 1. The van der Waals surface area contributed by atoms with Crippen molar-refractivity contribution in [3.05, 3.63) is 53.7 Å². The van der Waals surface area contributed by atoms with Crippen molar-refractivity contribution in [1.29, 1.82) is 0 Å². The second kappa shape index (κ2) is 7.55. The molecule has 5 nitrogen and oxygen atoms in total. The molecule has 2 aromatic rings. The number of benzene rings is 1. The lowest BCUT2D eigenvalue weighted by molar-refractivity contribution is 0.0746. The Morgan fingerprint density at radius 1 is 1.12 bits per heavy atom. The number of ether oxygens (including phenoxy) is 1. The lowest BCUT2D eigenvalue weighted by atomic mass is 9.99. The Hall–Kier alpha value is -2.56. The van der Waals surface area contributed by atoms with E-state index in [1.165, 1.54) is 0 Å². The maximum absolute atomic E-state index is 12.9. The highest BCUT2D eigenvalue weighted by Gasteiger charge is 2.23. The number of methoxy groups -OCH3 is 1. The predicted molar refractivity (Wildman–Crippen MR) is 99.4 cm³/mol. The van der Waals surface area contributed by atoms with E-state index in [0.717, 1.165) is 35.8 Å². The lowest BCUT2D eigenvalue weighted by Crippen LogP contribution is -2.49. The largest absolute Gasteiger partial charge is 0.496 e. The highest BCUT2D eigenvalue weighted by molar-refractivity contribution is 5.94. The van der Waals surface area contributed by atoms with Gasteiger partial charge in [0, 0.05) is 37.9 Å². The molecule has 2 heterocycles. The third kappa shape index (κ3) is 3.76. The van der Waals surface area contributed by atoms with Crippen molar-refractivity contribution in [2.24, 2.45) is 0 Å². The Labute approximate surface area is 149 Å². The van der Waals surface area contributed by atoms with Crippen LogP contribution >= 0.6 is 0 Å². The number of hydrogen-bond donors (Lipinski definition) is 0. The minimum Gasteiger partial charge on any atom is -0.496 e. The summed E-state index contributed by atoms with van der Waals surface area (Å²) in [7, 11) is 1.67. The normalized spacial score (nSPS) is 14.7. The Balaban J connectivity index is 1.69. The molecule has 0 bridgehead atoms. The van der Waals surface area contributed by atoms with Crippen LogP contribution in [0.5, 0.6) is 5.75 Å². The van der Waals surface area contributed by atoms with Gasteiger partial charge in [-0.15, -0.1) is 0 Å². The summed E-state index contributed by atoms with van der Waals surface area (Å²) in [5.74, 6) is 2.21. The molecule has 132 valence electrons. The van der Waals surface area contributed by atoms with E-state index in [9.17, 15) is 4.79 Å². The lowest BCUT2D eigenvalue weighted by Gasteiger charge is -2.35. The summed E-state index contributed by atoms with van der Waals surface area (Å²) in [5, 5.41) is 0. The van der Waals surface area contributed by atoms with Crippen LogP contribution in [0.3, 0.4) is 0 Å². The molecule has 0 radical (unpaired) electrons. The molecule has 0 spiro atoms. The van der Waals surface area contributed by atoms with Crippen LogP contribution in [0.15, 0.2) is 42.6 Å². The van der Waals surface area contributed by atoms with Crippen LogP contribution in [-0.2, 0) is 0 Å². The number of hydrogen-bond acceptors (Lipinski definition) is 4. The molecule has 25 heavy (non-hydrogen) atoms. The van der Waals surface area contributed by atoms with E-state index < -0.39 is 0 Å². The molecular weight excluding hydrogens is 314 g/mol. The van der Waals surface area contributed by atoms with Crippen molar-refractivity contribution in [3.63, 3.8) is 0 Å². The maximum Gasteiger partial charge on any atom is 0.253 e. The number of piperazine rings is 1. The topological polar surface area (TPSA) is 45.7 Å². The van der Waals surface area contributed by atoms with Crippen molar-refractivity contribution in [1.82, 2.24) is 9.88 Å². The first-order chi connectivity index (χ1) is 12.1. The van der Waals surface area contributed by atoms with Gasteiger partial charge in [0.05, 0.1) is 7.11 Å². The molecule has 1 aromatic heterocycles. The van der Waals surface area contributed by atoms with Gasteiger partial charge in [0.25, 0.3) is 5.91 Å². The maximum atomic E-state index is 12.9. The Bertz CT molecular complexity index is 723. The Kier molecular flexibility index (Phi) is 5.22. The van der Waals surface area contributed by atoms with Crippen molar-refractivity contribution >= 4 is 11.7 Å². The van der Waals surface area contributed by atoms with Crippen LogP contribution in [0.4, 0.5) is 5.82 Å². The quantitative estimate of drug-likeness (QED) is 0.858. The van der Waals surface area contributed by atoms with Crippen molar-refractivity contribution in [2.45, 2.75) is 19.8 Å². The Morgan fingerprint density at radius 3 is 2.48 bits per heavy atom. The van der Waals surface area contributed by atoms with Gasteiger partial charge in [0.15, 0.2) is 0 Å². The molecule has 1 fully saturated rings. The van der Waals surface area contributed by atoms with E-state index >= 15 is 0 Å². The summed E-state index contributed by atoms with van der Waals surface area (Å²) < 4.78 is 5.41. The molecule has 0 atom stereocenters. The molecule has 3 rings (SSSR count). The number of nitrogens with zero attached hydrogens (tertiary/aromatic N) is 3. The van der Waals surface area contributed by atoms with Gasteiger partial charge in [-0.1, -0.05) is 19.9 Å². The molecular formula is C20H25N3O2. The van der Waals surface area contributed by atoms with Gasteiger partial charge in [0.1, 0.15) is 11.6 Å². The van der Waals surface area contributed by atoms with E-state index in [0.29, 0.717) is 19.0 Å². The highest BCUT2D eigenvalue weighted by Crippen LogP contribution is 2.28. The minimum absolute atomic E-state index is 0.0882. The fourth-order valence-electron chi connectivity index (χ4n) is 3.18. The smallest absolute Gasteiger partial charge is 0.253 e. The van der Waals surface area contributed by atoms with E-state index in [2.05, 4.69) is 23.7 Å². The second-order valence-electron chi connectivity index (χ2n) is 6.58. The van der Waals surface area contributed by atoms with Crippen LogP contribution in [-0.4, -0.2) is 49.1 Å². The summed E-state index contributed by atoms with van der Waals surface area (Å²) in [6.07, 6.45) is 1.80. The van der Waals surface area contributed by atoms with Crippen LogP contribution in [0.1, 0.15) is 35.7 Å². The van der Waals surface area contributed by atoms with E-state index in [1.807, 2.05) is 41.3 Å². The molecule has 1 aliphatic heterocycles. The number of carbonyl (C=O) groups excluding carboxylic acids is 1. The van der Waals surface area contributed by atoms with Gasteiger partial charge in [-0.25, -0.2) is 4.98 Å². The number of anilines is 1. The fraction of sp³-hybridized carbons (Fsp3) is 0.400. The van der Waals surface area contributed by atoms with Crippen LogP contribution < -0.4 is 9.64 Å². The average molecular weight is 339 g/mol. The molecule has 1 aromatic carbocycles. The third-order valence-corrected chi connectivity index (χ3v) is 4.64. The van der Waals surface area contributed by atoms with Crippen molar-refractivity contribution < 1.29 is 9.53 Å². The molecule has 1 amide bonds. The van der Waals surface area contributed by atoms with E-state index in [1.54, 1.807) is 13.3 Å². The fourth-order valence-corrected chi connectivity index (χ4v) is 3.18.